The third-order valence-electron chi connectivity index (χ3n) is 2.85. The van der Waals surface area contributed by atoms with Crippen molar-refractivity contribution in [3.8, 4) is 0 Å². The van der Waals surface area contributed by atoms with E-state index in [1.54, 1.807) is 24.3 Å². The van der Waals surface area contributed by atoms with Crippen molar-refractivity contribution >= 4 is 17.3 Å². The van der Waals surface area contributed by atoms with Gasteiger partial charge in [0.1, 0.15) is 5.82 Å². The van der Waals surface area contributed by atoms with E-state index in [0.717, 1.165) is 11.6 Å². The van der Waals surface area contributed by atoms with Crippen LogP contribution in [0.25, 0.3) is 0 Å². The van der Waals surface area contributed by atoms with Gasteiger partial charge in [0.15, 0.2) is 0 Å². The average Bonchev–Trinajstić information content (AvgIpc) is 2.44. The van der Waals surface area contributed by atoms with Crippen molar-refractivity contribution in [3.05, 3.63) is 59.4 Å². The highest BCUT2D eigenvalue weighted by molar-refractivity contribution is 6.04. The average molecular weight is 274 g/mol. The summed E-state index contributed by atoms with van der Waals surface area (Å²) >= 11 is 0. The van der Waals surface area contributed by atoms with Gasteiger partial charge in [-0.25, -0.2) is 4.39 Å². The number of halogens is 1. The second kappa shape index (κ2) is 6.16. The molecule has 2 aromatic carbocycles. The van der Waals surface area contributed by atoms with Crippen molar-refractivity contribution in [1.82, 2.24) is 0 Å². The van der Waals surface area contributed by atoms with Gasteiger partial charge >= 0.3 is 0 Å². The minimum Gasteiger partial charge on any atom is -0.399 e. The SMILES string of the molecule is Nc1ccc(F)c(C(=O)Nc2ccc(CCO)cc2)c1. The van der Waals surface area contributed by atoms with Gasteiger partial charge < -0.3 is 16.2 Å². The fourth-order valence-corrected chi connectivity index (χ4v) is 1.80. The number of nitrogen functional groups attached to an aromatic ring is 1. The largest absolute Gasteiger partial charge is 0.399 e. The quantitative estimate of drug-likeness (QED) is 0.748. The Bertz CT molecular complexity index is 612. The molecule has 1 amide bonds. The predicted molar refractivity (Wildman–Crippen MR) is 76.0 cm³/mol. The zero-order valence-electron chi connectivity index (χ0n) is 10.8. The molecule has 0 saturated carbocycles. The first kappa shape index (κ1) is 14.0. The van der Waals surface area contributed by atoms with Crippen LogP contribution in [0.1, 0.15) is 15.9 Å². The molecule has 104 valence electrons. The molecule has 0 bridgehead atoms. The van der Waals surface area contributed by atoms with Crippen LogP contribution in [-0.4, -0.2) is 17.6 Å². The van der Waals surface area contributed by atoms with Gasteiger partial charge in [0.05, 0.1) is 5.56 Å². The van der Waals surface area contributed by atoms with Crippen LogP contribution >= 0.6 is 0 Å². The lowest BCUT2D eigenvalue weighted by atomic mass is 10.1. The number of hydrogen-bond acceptors (Lipinski definition) is 3. The number of carbonyl (C=O) groups excluding carboxylic acids is 1. The number of amides is 1. The Kier molecular flexibility index (Phi) is 4.32. The molecule has 0 aliphatic heterocycles. The molecule has 0 aromatic heterocycles. The molecule has 2 rings (SSSR count). The zero-order valence-corrected chi connectivity index (χ0v) is 10.8. The highest BCUT2D eigenvalue weighted by Crippen LogP contribution is 2.15. The molecule has 0 heterocycles. The van der Waals surface area contributed by atoms with Crippen LogP contribution in [0.4, 0.5) is 15.8 Å². The molecule has 5 heteroatoms. The Morgan fingerprint density at radius 3 is 2.55 bits per heavy atom. The molecule has 0 unspecified atom stereocenters. The number of anilines is 2. The molecule has 4 nitrogen and oxygen atoms in total. The maximum absolute atomic E-state index is 13.5. The van der Waals surface area contributed by atoms with E-state index in [1.807, 2.05) is 0 Å². The van der Waals surface area contributed by atoms with E-state index in [0.29, 0.717) is 17.8 Å². The van der Waals surface area contributed by atoms with Crippen molar-refractivity contribution in [1.29, 1.82) is 0 Å². The van der Waals surface area contributed by atoms with Gasteiger partial charge in [-0.3, -0.25) is 4.79 Å². The maximum atomic E-state index is 13.5. The molecule has 20 heavy (non-hydrogen) atoms. The smallest absolute Gasteiger partial charge is 0.258 e. The predicted octanol–water partition coefficient (Wildman–Crippen LogP) is 2.20. The summed E-state index contributed by atoms with van der Waals surface area (Å²) in [7, 11) is 0. The summed E-state index contributed by atoms with van der Waals surface area (Å²) in [4.78, 5) is 12.0. The first-order valence-corrected chi connectivity index (χ1v) is 6.16. The molecule has 0 aliphatic carbocycles. The van der Waals surface area contributed by atoms with Crippen molar-refractivity contribution in [2.45, 2.75) is 6.42 Å². The monoisotopic (exact) mass is 274 g/mol. The summed E-state index contributed by atoms with van der Waals surface area (Å²) < 4.78 is 13.5. The highest BCUT2D eigenvalue weighted by atomic mass is 19.1. The number of aliphatic hydroxyl groups is 1. The fraction of sp³-hybridized carbons (Fsp3) is 0.133. The van der Waals surface area contributed by atoms with Gasteiger partial charge in [-0.15, -0.1) is 0 Å². The van der Waals surface area contributed by atoms with Gasteiger partial charge in [-0.1, -0.05) is 12.1 Å². The van der Waals surface area contributed by atoms with Crippen LogP contribution in [0.5, 0.6) is 0 Å². The molecule has 2 aromatic rings. The fourth-order valence-electron chi connectivity index (χ4n) is 1.80. The number of nitrogens with two attached hydrogens (primary N) is 1. The van der Waals surface area contributed by atoms with Crippen molar-refractivity contribution in [2.75, 3.05) is 17.7 Å². The van der Waals surface area contributed by atoms with Gasteiger partial charge in [0.2, 0.25) is 0 Å². The lowest BCUT2D eigenvalue weighted by molar-refractivity contribution is 0.102. The summed E-state index contributed by atoms with van der Waals surface area (Å²) in [5.74, 6) is -1.17. The van der Waals surface area contributed by atoms with Crippen LogP contribution in [0.2, 0.25) is 0 Å². The van der Waals surface area contributed by atoms with Crippen LogP contribution in [0, 0.1) is 5.82 Å². The van der Waals surface area contributed by atoms with Crippen LogP contribution < -0.4 is 11.1 Å². The molecule has 0 fully saturated rings. The second-order valence-corrected chi connectivity index (χ2v) is 4.36. The molecular weight excluding hydrogens is 259 g/mol. The number of benzene rings is 2. The Morgan fingerprint density at radius 2 is 1.90 bits per heavy atom. The normalized spacial score (nSPS) is 10.3. The zero-order chi connectivity index (χ0) is 14.5. The molecule has 0 spiro atoms. The van der Waals surface area contributed by atoms with E-state index in [2.05, 4.69) is 5.32 Å². The van der Waals surface area contributed by atoms with E-state index in [1.165, 1.54) is 12.1 Å². The third-order valence-corrected chi connectivity index (χ3v) is 2.85. The maximum Gasteiger partial charge on any atom is 0.258 e. The van der Waals surface area contributed by atoms with E-state index in [9.17, 15) is 9.18 Å². The number of carbonyl (C=O) groups is 1. The van der Waals surface area contributed by atoms with Crippen molar-refractivity contribution in [3.63, 3.8) is 0 Å². The van der Waals surface area contributed by atoms with E-state index >= 15 is 0 Å². The van der Waals surface area contributed by atoms with E-state index in [-0.39, 0.29) is 12.2 Å². The van der Waals surface area contributed by atoms with Gasteiger partial charge in [0.25, 0.3) is 5.91 Å². The Labute approximate surface area is 116 Å². The summed E-state index contributed by atoms with van der Waals surface area (Å²) in [6.45, 7) is 0.0697. The minimum absolute atomic E-state index is 0.0697. The molecule has 0 saturated heterocycles. The van der Waals surface area contributed by atoms with Gasteiger partial charge in [0, 0.05) is 18.0 Å². The standard InChI is InChI=1S/C15H15FN2O2/c16-14-6-3-11(17)9-13(14)15(20)18-12-4-1-10(2-5-12)7-8-19/h1-6,9,19H,7-8,17H2,(H,18,20). The first-order chi connectivity index (χ1) is 9.60. The molecule has 4 N–H and O–H groups in total. The Balaban J connectivity index is 2.13. The molecular formula is C15H15FN2O2. The molecule has 0 aliphatic rings. The molecule has 0 atom stereocenters. The van der Waals surface area contributed by atoms with Gasteiger partial charge in [-0.05, 0) is 42.3 Å². The Morgan fingerprint density at radius 1 is 1.20 bits per heavy atom. The lowest BCUT2D eigenvalue weighted by Crippen LogP contribution is -2.14. The van der Waals surface area contributed by atoms with Crippen molar-refractivity contribution in [2.24, 2.45) is 0 Å². The van der Waals surface area contributed by atoms with E-state index in [4.69, 9.17) is 10.8 Å². The number of nitrogens with one attached hydrogen (secondary N) is 1. The van der Waals surface area contributed by atoms with Crippen molar-refractivity contribution < 1.29 is 14.3 Å². The Hall–Kier alpha value is -2.40. The number of hydrogen-bond donors (Lipinski definition) is 3. The second-order valence-electron chi connectivity index (χ2n) is 4.36. The summed E-state index contributed by atoms with van der Waals surface area (Å²) in [6.07, 6.45) is 0.554. The summed E-state index contributed by atoms with van der Waals surface area (Å²) in [5, 5.41) is 11.4. The van der Waals surface area contributed by atoms with Gasteiger partial charge in [-0.2, -0.15) is 0 Å². The first-order valence-electron chi connectivity index (χ1n) is 6.16. The lowest BCUT2D eigenvalue weighted by Gasteiger charge is -2.07. The summed E-state index contributed by atoms with van der Waals surface area (Å²) in [6, 6.07) is 10.8. The topological polar surface area (TPSA) is 75.4 Å². The molecule has 0 radical (unpaired) electrons. The highest BCUT2D eigenvalue weighted by Gasteiger charge is 2.12. The summed E-state index contributed by atoms with van der Waals surface area (Å²) in [5.41, 5.74) is 7.29. The minimum atomic E-state index is -0.617. The third kappa shape index (κ3) is 3.33. The number of aliphatic hydroxyl groups excluding tert-OH is 1. The van der Waals surface area contributed by atoms with Crippen LogP contribution in [0.3, 0.4) is 0 Å². The van der Waals surface area contributed by atoms with Crippen LogP contribution in [-0.2, 0) is 6.42 Å². The number of rotatable bonds is 4. The van der Waals surface area contributed by atoms with E-state index < -0.39 is 11.7 Å². The van der Waals surface area contributed by atoms with Crippen LogP contribution in [0.15, 0.2) is 42.5 Å².